The van der Waals surface area contributed by atoms with Crippen molar-refractivity contribution in [1.29, 1.82) is 0 Å². The molecule has 0 bridgehead atoms. The molecule has 0 radical (unpaired) electrons. The van der Waals surface area contributed by atoms with Crippen molar-refractivity contribution in [3.05, 3.63) is 28.3 Å². The molecule has 0 saturated carbocycles. The van der Waals surface area contributed by atoms with Crippen molar-refractivity contribution in [1.82, 2.24) is 0 Å². The Morgan fingerprint density at radius 1 is 1.40 bits per heavy atom. The first kappa shape index (κ1) is 12.1. The van der Waals surface area contributed by atoms with Gasteiger partial charge in [-0.3, -0.25) is 4.79 Å². The van der Waals surface area contributed by atoms with Crippen LogP contribution in [-0.2, 0) is 6.42 Å². The Kier molecular flexibility index (Phi) is 4.15. The molecule has 2 nitrogen and oxygen atoms in total. The quantitative estimate of drug-likeness (QED) is 0.735. The number of hydrogen-bond donors (Lipinski definition) is 0. The van der Waals surface area contributed by atoms with Gasteiger partial charge in [-0.15, -0.1) is 0 Å². The first-order valence-electron chi connectivity index (χ1n) is 5.06. The fraction of sp³-hybridized carbons (Fsp3) is 0.417. The predicted octanol–water partition coefficient (Wildman–Crippen LogP) is 3.50. The van der Waals surface area contributed by atoms with Crippen LogP contribution in [-0.4, -0.2) is 12.4 Å². The Hall–Kier alpha value is -1.02. The number of carbonyl (C=O) groups excluding carboxylic acids is 1. The summed E-state index contributed by atoms with van der Waals surface area (Å²) in [6, 6.07) is 3.54. The number of rotatable bonds is 4. The molecule has 0 amide bonds. The van der Waals surface area contributed by atoms with Gasteiger partial charge in [-0.05, 0) is 38.0 Å². The summed E-state index contributed by atoms with van der Waals surface area (Å²) in [6.07, 6.45) is 0.830. The lowest BCUT2D eigenvalue weighted by Crippen LogP contribution is -2.02. The summed E-state index contributed by atoms with van der Waals surface area (Å²) in [6.45, 7) is 5.97. The van der Waals surface area contributed by atoms with Gasteiger partial charge in [0.05, 0.1) is 12.2 Å². The van der Waals surface area contributed by atoms with Gasteiger partial charge in [-0.25, -0.2) is 0 Å². The summed E-state index contributed by atoms with van der Waals surface area (Å²) in [5, 5.41) is 0.631. The summed E-state index contributed by atoms with van der Waals surface area (Å²) < 4.78 is 5.42. The van der Waals surface area contributed by atoms with Crippen LogP contribution in [0.5, 0.6) is 5.75 Å². The molecule has 0 spiro atoms. The van der Waals surface area contributed by atoms with E-state index < -0.39 is 0 Å². The maximum atomic E-state index is 11.4. The zero-order valence-electron chi connectivity index (χ0n) is 9.26. The standard InChI is InChI=1S/C12H15ClO2/c1-4-9-6-12(15-5-2)10(8(3)14)7-11(9)13/h6-7H,4-5H2,1-3H3. The molecule has 0 saturated heterocycles. The zero-order chi connectivity index (χ0) is 11.4. The summed E-state index contributed by atoms with van der Waals surface area (Å²) in [7, 11) is 0. The topological polar surface area (TPSA) is 26.3 Å². The molecule has 3 heteroatoms. The highest BCUT2D eigenvalue weighted by Crippen LogP contribution is 2.28. The van der Waals surface area contributed by atoms with Gasteiger partial charge in [0.1, 0.15) is 5.75 Å². The van der Waals surface area contributed by atoms with Crippen molar-refractivity contribution in [2.45, 2.75) is 27.2 Å². The van der Waals surface area contributed by atoms with E-state index in [1.165, 1.54) is 6.92 Å². The van der Waals surface area contributed by atoms with Gasteiger partial charge in [-0.2, -0.15) is 0 Å². The van der Waals surface area contributed by atoms with E-state index in [9.17, 15) is 4.79 Å². The molecule has 0 aliphatic rings. The monoisotopic (exact) mass is 226 g/mol. The molecule has 0 heterocycles. The van der Waals surface area contributed by atoms with E-state index in [1.54, 1.807) is 6.07 Å². The third-order valence-electron chi connectivity index (χ3n) is 2.21. The van der Waals surface area contributed by atoms with E-state index in [0.717, 1.165) is 12.0 Å². The first-order valence-corrected chi connectivity index (χ1v) is 5.44. The summed E-state index contributed by atoms with van der Waals surface area (Å²) in [5.74, 6) is 0.606. The predicted molar refractivity (Wildman–Crippen MR) is 62.0 cm³/mol. The normalized spacial score (nSPS) is 10.1. The van der Waals surface area contributed by atoms with Crippen LogP contribution in [0.25, 0.3) is 0 Å². The number of ketones is 1. The molecule has 1 aromatic carbocycles. The minimum Gasteiger partial charge on any atom is -0.493 e. The van der Waals surface area contributed by atoms with E-state index >= 15 is 0 Å². The lowest BCUT2D eigenvalue weighted by molar-refractivity contribution is 0.101. The molecule has 0 aliphatic carbocycles. The number of carbonyl (C=O) groups is 1. The van der Waals surface area contributed by atoms with Crippen molar-refractivity contribution in [2.75, 3.05) is 6.61 Å². The minimum atomic E-state index is -0.0250. The fourth-order valence-corrected chi connectivity index (χ4v) is 1.71. The molecule has 1 rings (SSSR count). The van der Waals surface area contributed by atoms with Crippen LogP contribution in [0.4, 0.5) is 0 Å². The van der Waals surface area contributed by atoms with Gasteiger partial charge >= 0.3 is 0 Å². The molecule has 0 atom stereocenters. The molecule has 0 aliphatic heterocycles. The van der Waals surface area contributed by atoms with Gasteiger partial charge in [0.15, 0.2) is 5.78 Å². The molecular weight excluding hydrogens is 212 g/mol. The zero-order valence-corrected chi connectivity index (χ0v) is 10.0. The Morgan fingerprint density at radius 3 is 2.53 bits per heavy atom. The fourth-order valence-electron chi connectivity index (χ4n) is 1.42. The van der Waals surface area contributed by atoms with E-state index in [1.807, 2.05) is 19.9 Å². The highest BCUT2D eigenvalue weighted by atomic mass is 35.5. The Bertz CT molecular complexity index is 372. The number of Topliss-reactive ketones (excluding diaryl/α,β-unsaturated/α-hetero) is 1. The van der Waals surface area contributed by atoms with Crippen molar-refractivity contribution in [2.24, 2.45) is 0 Å². The first-order chi connectivity index (χ1) is 7.10. The smallest absolute Gasteiger partial charge is 0.163 e. The van der Waals surface area contributed by atoms with Crippen LogP contribution in [0.2, 0.25) is 5.02 Å². The van der Waals surface area contributed by atoms with Crippen molar-refractivity contribution < 1.29 is 9.53 Å². The Morgan fingerprint density at radius 2 is 2.07 bits per heavy atom. The number of halogens is 1. The molecule has 0 aromatic heterocycles. The molecular formula is C12H15ClO2. The summed E-state index contributed by atoms with van der Waals surface area (Å²) >= 11 is 6.04. The van der Waals surface area contributed by atoms with Crippen LogP contribution in [0.1, 0.15) is 36.7 Å². The van der Waals surface area contributed by atoms with Crippen LogP contribution >= 0.6 is 11.6 Å². The highest BCUT2D eigenvalue weighted by molar-refractivity contribution is 6.31. The molecule has 82 valence electrons. The molecule has 15 heavy (non-hydrogen) atoms. The SMILES string of the molecule is CCOc1cc(CC)c(Cl)cc1C(C)=O. The van der Waals surface area contributed by atoms with Crippen molar-refractivity contribution in [3.8, 4) is 5.75 Å². The third-order valence-corrected chi connectivity index (χ3v) is 2.56. The Balaban J connectivity index is 3.25. The van der Waals surface area contributed by atoms with E-state index in [2.05, 4.69) is 0 Å². The van der Waals surface area contributed by atoms with Gasteiger partial charge in [0.25, 0.3) is 0 Å². The second kappa shape index (κ2) is 5.17. The summed E-state index contributed by atoms with van der Waals surface area (Å²) in [5.41, 5.74) is 1.56. The van der Waals surface area contributed by atoms with Crippen LogP contribution in [0.15, 0.2) is 12.1 Å². The highest BCUT2D eigenvalue weighted by Gasteiger charge is 2.12. The average molecular weight is 227 g/mol. The van der Waals surface area contributed by atoms with Crippen LogP contribution < -0.4 is 4.74 Å². The van der Waals surface area contributed by atoms with Crippen molar-refractivity contribution >= 4 is 17.4 Å². The lowest BCUT2D eigenvalue weighted by atomic mass is 10.1. The minimum absolute atomic E-state index is 0.0250. The van der Waals surface area contributed by atoms with Crippen LogP contribution in [0.3, 0.4) is 0 Å². The van der Waals surface area contributed by atoms with Gasteiger partial charge in [-0.1, -0.05) is 18.5 Å². The maximum absolute atomic E-state index is 11.4. The van der Waals surface area contributed by atoms with Gasteiger partial charge in [0.2, 0.25) is 0 Å². The number of hydrogen-bond acceptors (Lipinski definition) is 2. The molecule has 0 unspecified atom stereocenters. The van der Waals surface area contributed by atoms with Crippen LogP contribution in [0, 0.1) is 0 Å². The summed E-state index contributed by atoms with van der Waals surface area (Å²) in [4.78, 5) is 11.4. The largest absolute Gasteiger partial charge is 0.493 e. The second-order valence-corrected chi connectivity index (χ2v) is 3.69. The van der Waals surface area contributed by atoms with E-state index in [0.29, 0.717) is 22.9 Å². The number of aryl methyl sites for hydroxylation is 1. The van der Waals surface area contributed by atoms with E-state index in [-0.39, 0.29) is 5.78 Å². The average Bonchev–Trinajstić information content (AvgIpc) is 2.20. The van der Waals surface area contributed by atoms with Gasteiger partial charge in [0, 0.05) is 5.02 Å². The van der Waals surface area contributed by atoms with E-state index in [4.69, 9.17) is 16.3 Å². The number of benzene rings is 1. The molecule has 0 fully saturated rings. The van der Waals surface area contributed by atoms with Gasteiger partial charge < -0.3 is 4.74 Å². The molecule has 1 aromatic rings. The molecule has 0 N–H and O–H groups in total. The third kappa shape index (κ3) is 2.72. The Labute approximate surface area is 95.2 Å². The van der Waals surface area contributed by atoms with Crippen molar-refractivity contribution in [3.63, 3.8) is 0 Å². The second-order valence-electron chi connectivity index (χ2n) is 3.28. The lowest BCUT2D eigenvalue weighted by Gasteiger charge is -2.11. The maximum Gasteiger partial charge on any atom is 0.163 e. The number of ether oxygens (including phenoxy) is 1.